The van der Waals surface area contributed by atoms with Gasteiger partial charge >= 0.3 is 0 Å². The summed E-state index contributed by atoms with van der Waals surface area (Å²) in [4.78, 5) is 5.17. The van der Waals surface area contributed by atoms with Crippen LogP contribution in [0.5, 0.6) is 0 Å². The van der Waals surface area contributed by atoms with Crippen LogP contribution in [0, 0.1) is 11.8 Å². The normalized spacial score (nSPS) is 45.0. The van der Waals surface area contributed by atoms with Crippen LogP contribution in [0.4, 0.5) is 0 Å². The summed E-state index contributed by atoms with van der Waals surface area (Å²) >= 11 is 0. The second kappa shape index (κ2) is 5.94. The predicted molar refractivity (Wildman–Crippen MR) is 85.0 cm³/mol. The molecule has 0 radical (unpaired) electrons. The van der Waals surface area contributed by atoms with Gasteiger partial charge in [0.15, 0.2) is 0 Å². The molecule has 3 heteroatoms. The van der Waals surface area contributed by atoms with Gasteiger partial charge in [-0.1, -0.05) is 19.8 Å². The number of nitrogens with one attached hydrogen (secondary N) is 1. The maximum atomic E-state index is 3.98. The van der Waals surface area contributed by atoms with E-state index in [4.69, 9.17) is 0 Å². The molecule has 3 heterocycles. The number of piperidine rings is 3. The Morgan fingerprint density at radius 2 is 1.95 bits per heavy atom. The quantitative estimate of drug-likeness (QED) is 0.851. The standard InChI is InChI=1S/C17H33N3/c1-14-5-4-8-17(11-14,19(2)3)13-18-16-12-20-9-6-15(16)7-10-20/h14-16,18H,4-13H2,1-3H3. The number of fused-ring (bicyclic) bond motifs is 3. The molecule has 1 N–H and O–H groups in total. The Kier molecular flexibility index (Phi) is 4.40. The second-order valence-corrected chi connectivity index (χ2v) is 7.95. The summed E-state index contributed by atoms with van der Waals surface area (Å²) in [7, 11) is 4.58. The molecule has 1 aliphatic carbocycles. The summed E-state index contributed by atoms with van der Waals surface area (Å²) in [6.45, 7) is 7.62. The lowest BCUT2D eigenvalue weighted by molar-refractivity contribution is 0.0405. The van der Waals surface area contributed by atoms with Crippen molar-refractivity contribution in [2.45, 2.75) is 57.0 Å². The van der Waals surface area contributed by atoms with E-state index in [1.807, 2.05) is 0 Å². The Balaban J connectivity index is 1.60. The highest BCUT2D eigenvalue weighted by Crippen LogP contribution is 2.36. The number of hydrogen-bond acceptors (Lipinski definition) is 3. The minimum Gasteiger partial charge on any atom is -0.311 e. The van der Waals surface area contributed by atoms with Crippen molar-refractivity contribution >= 4 is 0 Å². The van der Waals surface area contributed by atoms with Gasteiger partial charge in [-0.2, -0.15) is 0 Å². The largest absolute Gasteiger partial charge is 0.311 e. The lowest BCUT2D eigenvalue weighted by Gasteiger charge is -2.49. The summed E-state index contributed by atoms with van der Waals surface area (Å²) in [6, 6.07) is 0.756. The molecule has 4 fully saturated rings. The molecule has 1 saturated carbocycles. The van der Waals surface area contributed by atoms with Gasteiger partial charge in [0.1, 0.15) is 0 Å². The lowest BCUT2D eigenvalue weighted by atomic mass is 9.75. The zero-order valence-electron chi connectivity index (χ0n) is 13.7. The van der Waals surface area contributed by atoms with Gasteiger partial charge in [-0.25, -0.2) is 0 Å². The van der Waals surface area contributed by atoms with E-state index in [0.717, 1.165) is 17.9 Å². The summed E-state index contributed by atoms with van der Waals surface area (Å²) in [5, 5.41) is 3.98. The van der Waals surface area contributed by atoms with E-state index < -0.39 is 0 Å². The van der Waals surface area contributed by atoms with E-state index in [1.54, 1.807) is 0 Å². The van der Waals surface area contributed by atoms with Gasteiger partial charge in [-0.15, -0.1) is 0 Å². The van der Waals surface area contributed by atoms with Crippen molar-refractivity contribution in [2.24, 2.45) is 11.8 Å². The molecule has 20 heavy (non-hydrogen) atoms. The highest BCUT2D eigenvalue weighted by atomic mass is 15.2. The highest BCUT2D eigenvalue weighted by Gasteiger charge is 2.39. The van der Waals surface area contributed by atoms with Gasteiger partial charge < -0.3 is 15.1 Å². The molecule has 4 rings (SSSR count). The Hall–Kier alpha value is -0.120. The molecule has 0 aromatic carbocycles. The Bertz CT molecular complexity index is 322. The third-order valence-corrected chi connectivity index (χ3v) is 6.37. The molecule has 0 aromatic rings. The molecule has 2 bridgehead atoms. The van der Waals surface area contributed by atoms with Crippen LogP contribution < -0.4 is 5.32 Å². The first kappa shape index (κ1) is 14.8. The Morgan fingerprint density at radius 1 is 1.20 bits per heavy atom. The number of hydrogen-bond donors (Lipinski definition) is 1. The summed E-state index contributed by atoms with van der Waals surface area (Å²) in [5.41, 5.74) is 0.406. The van der Waals surface area contributed by atoms with Gasteiger partial charge in [-0.3, -0.25) is 0 Å². The Morgan fingerprint density at radius 3 is 2.50 bits per heavy atom. The van der Waals surface area contributed by atoms with E-state index in [2.05, 4.69) is 36.1 Å². The topological polar surface area (TPSA) is 18.5 Å². The van der Waals surface area contributed by atoms with E-state index >= 15 is 0 Å². The van der Waals surface area contributed by atoms with Crippen LogP contribution in [0.2, 0.25) is 0 Å². The van der Waals surface area contributed by atoms with Crippen molar-refractivity contribution in [3.63, 3.8) is 0 Å². The number of likely N-dealkylation sites (N-methyl/N-ethyl adjacent to an activating group) is 1. The van der Waals surface area contributed by atoms with E-state index in [1.165, 1.54) is 64.7 Å². The van der Waals surface area contributed by atoms with Gasteiger partial charge in [-0.05, 0) is 64.7 Å². The predicted octanol–water partition coefficient (Wildman–Crippen LogP) is 2.18. The molecular formula is C17H33N3. The molecule has 0 aromatic heterocycles. The fourth-order valence-corrected chi connectivity index (χ4v) is 4.87. The van der Waals surface area contributed by atoms with Crippen molar-refractivity contribution < 1.29 is 0 Å². The highest BCUT2D eigenvalue weighted by molar-refractivity contribution is 4.98. The third kappa shape index (κ3) is 2.90. The molecule has 0 spiro atoms. The first-order chi connectivity index (χ1) is 9.59. The molecule has 3 nitrogen and oxygen atoms in total. The molecular weight excluding hydrogens is 246 g/mol. The zero-order chi connectivity index (χ0) is 14.2. The molecule has 4 aliphatic rings. The van der Waals surface area contributed by atoms with E-state index in [9.17, 15) is 0 Å². The van der Waals surface area contributed by atoms with Crippen molar-refractivity contribution in [3.05, 3.63) is 0 Å². The fourth-order valence-electron chi connectivity index (χ4n) is 4.87. The fraction of sp³-hybridized carbons (Fsp3) is 1.00. The molecule has 0 amide bonds. The molecule has 3 aliphatic heterocycles. The first-order valence-electron chi connectivity index (χ1n) is 8.72. The zero-order valence-corrected chi connectivity index (χ0v) is 13.7. The number of rotatable bonds is 4. The average molecular weight is 279 g/mol. The van der Waals surface area contributed by atoms with Crippen molar-refractivity contribution in [2.75, 3.05) is 40.3 Å². The molecule has 3 atom stereocenters. The molecule has 116 valence electrons. The maximum Gasteiger partial charge on any atom is 0.0330 e. The monoisotopic (exact) mass is 279 g/mol. The number of nitrogens with zero attached hydrogens (tertiary/aromatic N) is 2. The van der Waals surface area contributed by atoms with Crippen LogP contribution in [0.1, 0.15) is 45.4 Å². The van der Waals surface area contributed by atoms with Crippen LogP contribution in [-0.2, 0) is 0 Å². The van der Waals surface area contributed by atoms with Crippen molar-refractivity contribution in [1.29, 1.82) is 0 Å². The summed E-state index contributed by atoms with van der Waals surface area (Å²) < 4.78 is 0. The lowest BCUT2D eigenvalue weighted by Crippen LogP contribution is -2.61. The third-order valence-electron chi connectivity index (χ3n) is 6.37. The van der Waals surface area contributed by atoms with E-state index in [-0.39, 0.29) is 0 Å². The minimum absolute atomic E-state index is 0.406. The van der Waals surface area contributed by atoms with Crippen LogP contribution >= 0.6 is 0 Å². The summed E-state index contributed by atoms with van der Waals surface area (Å²) in [5.74, 6) is 1.83. The van der Waals surface area contributed by atoms with Gasteiger partial charge in [0.05, 0.1) is 0 Å². The van der Waals surface area contributed by atoms with E-state index in [0.29, 0.717) is 5.54 Å². The van der Waals surface area contributed by atoms with Crippen molar-refractivity contribution in [3.8, 4) is 0 Å². The van der Waals surface area contributed by atoms with Gasteiger partial charge in [0, 0.05) is 24.7 Å². The second-order valence-electron chi connectivity index (χ2n) is 7.95. The average Bonchev–Trinajstić information content (AvgIpc) is 2.46. The maximum absolute atomic E-state index is 3.98. The Labute approximate surface area is 125 Å². The first-order valence-corrected chi connectivity index (χ1v) is 8.72. The molecule has 3 saturated heterocycles. The smallest absolute Gasteiger partial charge is 0.0330 e. The van der Waals surface area contributed by atoms with Crippen LogP contribution in [0.15, 0.2) is 0 Å². The van der Waals surface area contributed by atoms with Crippen LogP contribution in [0.25, 0.3) is 0 Å². The molecule has 3 unspecified atom stereocenters. The van der Waals surface area contributed by atoms with Crippen LogP contribution in [-0.4, -0.2) is 61.7 Å². The SMILES string of the molecule is CC1CCCC(CNC2CN3CCC2CC3)(N(C)C)C1. The van der Waals surface area contributed by atoms with Crippen LogP contribution in [0.3, 0.4) is 0 Å². The van der Waals surface area contributed by atoms with Gasteiger partial charge in [0.2, 0.25) is 0 Å². The summed E-state index contributed by atoms with van der Waals surface area (Å²) in [6.07, 6.45) is 8.41. The van der Waals surface area contributed by atoms with Gasteiger partial charge in [0.25, 0.3) is 0 Å². The minimum atomic E-state index is 0.406. The van der Waals surface area contributed by atoms with Crippen molar-refractivity contribution in [1.82, 2.24) is 15.1 Å².